The molecule has 0 aromatic heterocycles. The summed E-state index contributed by atoms with van der Waals surface area (Å²) in [5.74, 6) is -0.0940. The highest BCUT2D eigenvalue weighted by atomic mass is 33.1. The number of carbonyl (C=O) groups excluding carboxylic acids is 1. The Hall–Kier alpha value is -1.12. The van der Waals surface area contributed by atoms with Gasteiger partial charge < -0.3 is 16.2 Å². The van der Waals surface area contributed by atoms with Crippen LogP contribution in [-0.2, 0) is 22.6 Å². The Bertz CT molecular complexity index is 732. The van der Waals surface area contributed by atoms with Crippen molar-refractivity contribution in [1.29, 1.82) is 0 Å². The van der Waals surface area contributed by atoms with Gasteiger partial charge in [-0.15, -0.1) is 0 Å². The summed E-state index contributed by atoms with van der Waals surface area (Å²) in [6.45, 7) is 7.43. The average molecular weight is 497 g/mol. The molecule has 0 radical (unpaired) electrons. The minimum Gasteiger partial charge on any atom is -0.469 e. The third kappa shape index (κ3) is 13.4. The summed E-state index contributed by atoms with van der Waals surface area (Å²) in [4.78, 5) is 12.9. The molecule has 0 fully saturated rings. The molecule has 0 unspecified atom stereocenters. The van der Waals surface area contributed by atoms with Crippen molar-refractivity contribution < 1.29 is 9.53 Å². The summed E-state index contributed by atoms with van der Waals surface area (Å²) >= 11 is 1.75. The van der Waals surface area contributed by atoms with E-state index in [9.17, 15) is 4.79 Å². The van der Waals surface area contributed by atoms with Gasteiger partial charge >= 0.3 is 5.97 Å². The first-order chi connectivity index (χ1) is 15.4. The van der Waals surface area contributed by atoms with E-state index in [0.717, 1.165) is 19.3 Å². The van der Waals surface area contributed by atoms with Crippen molar-refractivity contribution in [1.82, 2.24) is 0 Å². The molecule has 4 N–H and O–H groups in total. The Kier molecular flexibility index (Phi) is 18.7. The standard InChI is InChI=1S/C16H20N2S2.C7H14O2.C2H6S/c1-11-3-5-15(13(7-11)9-17)19-20-16-6-4-12(2)8-14(16)10-18;1-3-4-5-6-7(8)9-2;1-3-2/h3-8H,9-10,17-18H2,1-2H3;3-6H2,1-2H3;1-2H3. The van der Waals surface area contributed by atoms with E-state index in [1.54, 1.807) is 33.3 Å². The molecule has 2 rings (SSSR count). The molecule has 2 aromatic carbocycles. The van der Waals surface area contributed by atoms with Gasteiger partial charge in [0, 0.05) is 29.3 Å². The van der Waals surface area contributed by atoms with Crippen LogP contribution in [0.4, 0.5) is 0 Å². The van der Waals surface area contributed by atoms with Crippen LogP contribution in [-0.4, -0.2) is 25.6 Å². The third-order valence-corrected chi connectivity index (χ3v) is 6.87. The smallest absolute Gasteiger partial charge is 0.305 e. The van der Waals surface area contributed by atoms with Gasteiger partial charge in [-0.25, -0.2) is 0 Å². The fourth-order valence-corrected chi connectivity index (χ4v) is 5.05. The van der Waals surface area contributed by atoms with Crippen molar-refractivity contribution >= 4 is 39.3 Å². The van der Waals surface area contributed by atoms with E-state index >= 15 is 0 Å². The van der Waals surface area contributed by atoms with Gasteiger partial charge in [0.05, 0.1) is 7.11 Å². The number of ether oxygens (including phenoxy) is 1. The molecule has 2 aromatic rings. The van der Waals surface area contributed by atoms with Crippen LogP contribution < -0.4 is 11.5 Å². The first kappa shape index (κ1) is 30.9. The Labute approximate surface area is 207 Å². The topological polar surface area (TPSA) is 78.3 Å². The molecule has 32 heavy (non-hydrogen) atoms. The van der Waals surface area contributed by atoms with E-state index in [1.807, 2.05) is 12.5 Å². The molecule has 4 nitrogen and oxygen atoms in total. The normalized spacial score (nSPS) is 9.88. The molecule has 0 aliphatic carbocycles. The van der Waals surface area contributed by atoms with E-state index in [0.29, 0.717) is 19.5 Å². The summed E-state index contributed by atoms with van der Waals surface area (Å²) in [6.07, 6.45) is 7.89. The lowest BCUT2D eigenvalue weighted by molar-refractivity contribution is -0.140. The molecule has 0 amide bonds. The minimum absolute atomic E-state index is 0.0940. The first-order valence-electron chi connectivity index (χ1n) is 10.8. The number of methoxy groups -OCH3 is 1. The van der Waals surface area contributed by atoms with Gasteiger partial charge in [0.1, 0.15) is 0 Å². The summed E-state index contributed by atoms with van der Waals surface area (Å²) in [7, 11) is 4.92. The molecule has 0 saturated heterocycles. The van der Waals surface area contributed by atoms with Crippen molar-refractivity contribution in [2.24, 2.45) is 11.5 Å². The van der Waals surface area contributed by atoms with E-state index in [2.05, 4.69) is 61.9 Å². The number of nitrogens with two attached hydrogens (primary N) is 2. The van der Waals surface area contributed by atoms with Crippen LogP contribution in [0.1, 0.15) is 54.9 Å². The molecule has 0 heterocycles. The summed E-state index contributed by atoms with van der Waals surface area (Å²) in [5.41, 5.74) is 16.5. The predicted molar refractivity (Wildman–Crippen MR) is 145 cm³/mol. The van der Waals surface area contributed by atoms with E-state index in [-0.39, 0.29) is 5.97 Å². The lowest BCUT2D eigenvalue weighted by atomic mass is 10.1. The molecule has 7 heteroatoms. The Morgan fingerprint density at radius 3 is 1.66 bits per heavy atom. The largest absolute Gasteiger partial charge is 0.469 e. The Morgan fingerprint density at radius 1 is 0.875 bits per heavy atom. The number of thioether (sulfide) groups is 1. The molecule has 0 spiro atoms. The molecule has 0 aliphatic rings. The molecule has 180 valence electrons. The van der Waals surface area contributed by atoms with Gasteiger partial charge in [-0.2, -0.15) is 11.8 Å². The average Bonchev–Trinajstić information content (AvgIpc) is 2.79. The van der Waals surface area contributed by atoms with Crippen LogP contribution in [0.25, 0.3) is 0 Å². The fraction of sp³-hybridized carbons (Fsp3) is 0.480. The summed E-state index contributed by atoms with van der Waals surface area (Å²) in [6, 6.07) is 12.9. The number of hydrogen-bond acceptors (Lipinski definition) is 7. The monoisotopic (exact) mass is 496 g/mol. The maximum atomic E-state index is 10.5. The van der Waals surface area contributed by atoms with Crippen molar-refractivity contribution in [3.05, 3.63) is 58.7 Å². The summed E-state index contributed by atoms with van der Waals surface area (Å²) in [5, 5.41) is 0. The van der Waals surface area contributed by atoms with E-state index in [1.165, 1.54) is 39.2 Å². The number of hydrogen-bond donors (Lipinski definition) is 2. The lowest BCUT2D eigenvalue weighted by Crippen LogP contribution is -1.99. The second-order valence-electron chi connectivity index (χ2n) is 7.24. The van der Waals surface area contributed by atoms with Crippen molar-refractivity contribution in [2.45, 2.75) is 69.3 Å². The maximum absolute atomic E-state index is 10.5. The van der Waals surface area contributed by atoms with E-state index in [4.69, 9.17) is 11.5 Å². The van der Waals surface area contributed by atoms with Crippen LogP contribution in [0, 0.1) is 13.8 Å². The van der Waals surface area contributed by atoms with Crippen LogP contribution >= 0.6 is 33.3 Å². The number of rotatable bonds is 9. The quantitative estimate of drug-likeness (QED) is 0.226. The number of aryl methyl sites for hydroxylation is 2. The van der Waals surface area contributed by atoms with Crippen molar-refractivity contribution in [3.8, 4) is 0 Å². The third-order valence-electron chi connectivity index (χ3n) is 4.31. The lowest BCUT2D eigenvalue weighted by Gasteiger charge is -2.10. The second kappa shape index (κ2) is 19.4. The van der Waals surface area contributed by atoms with Crippen molar-refractivity contribution in [3.63, 3.8) is 0 Å². The van der Waals surface area contributed by atoms with Crippen LogP contribution in [0.15, 0.2) is 46.2 Å². The number of unbranched alkanes of at least 4 members (excludes halogenated alkanes) is 2. The molecular formula is C25H40N2O2S3. The van der Waals surface area contributed by atoms with Crippen LogP contribution in [0.2, 0.25) is 0 Å². The van der Waals surface area contributed by atoms with Crippen LogP contribution in [0.3, 0.4) is 0 Å². The van der Waals surface area contributed by atoms with Gasteiger partial charge in [0.2, 0.25) is 0 Å². The molecule has 0 bridgehead atoms. The highest BCUT2D eigenvalue weighted by molar-refractivity contribution is 8.76. The second-order valence-corrected chi connectivity index (χ2v) is 10.3. The highest BCUT2D eigenvalue weighted by Crippen LogP contribution is 2.40. The fourth-order valence-electron chi connectivity index (χ4n) is 2.61. The molecule has 0 atom stereocenters. The first-order valence-corrected chi connectivity index (χ1v) is 14.6. The minimum atomic E-state index is -0.0940. The van der Waals surface area contributed by atoms with Gasteiger partial charge in [-0.3, -0.25) is 4.79 Å². The van der Waals surface area contributed by atoms with Gasteiger partial charge in [-0.1, -0.05) is 76.7 Å². The van der Waals surface area contributed by atoms with Crippen LogP contribution in [0.5, 0.6) is 0 Å². The maximum Gasteiger partial charge on any atom is 0.305 e. The molecular weight excluding hydrogens is 456 g/mol. The van der Waals surface area contributed by atoms with Gasteiger partial charge in [0.25, 0.3) is 0 Å². The van der Waals surface area contributed by atoms with Gasteiger partial charge in [-0.05, 0) is 56.0 Å². The van der Waals surface area contributed by atoms with Crippen molar-refractivity contribution in [2.75, 3.05) is 19.6 Å². The zero-order valence-electron chi connectivity index (χ0n) is 20.4. The number of benzene rings is 2. The molecule has 0 aliphatic heterocycles. The highest BCUT2D eigenvalue weighted by Gasteiger charge is 2.07. The molecule has 0 saturated carbocycles. The predicted octanol–water partition coefficient (Wildman–Crippen LogP) is 6.74. The van der Waals surface area contributed by atoms with Gasteiger partial charge in [0.15, 0.2) is 0 Å². The SMILES string of the molecule is CCCCCC(=O)OC.CSC.Cc1ccc(SSc2ccc(C)cc2CN)c(CN)c1. The Balaban J connectivity index is 0.000000672. The number of esters is 1. The summed E-state index contributed by atoms with van der Waals surface area (Å²) < 4.78 is 4.46. The van der Waals surface area contributed by atoms with E-state index < -0.39 is 0 Å². The Morgan fingerprint density at radius 2 is 1.31 bits per heavy atom. The number of carbonyl (C=O) groups is 1. The zero-order chi connectivity index (χ0) is 24.4. The zero-order valence-corrected chi connectivity index (χ0v) is 22.9.